The van der Waals surface area contributed by atoms with Crippen LogP contribution in [-0.4, -0.2) is 50.7 Å². The molecule has 3 fully saturated rings. The van der Waals surface area contributed by atoms with Gasteiger partial charge >= 0.3 is 6.18 Å². The molecule has 290 valence electrons. The Labute approximate surface area is 347 Å². The summed E-state index contributed by atoms with van der Waals surface area (Å²) in [5.41, 5.74) is 1.08. The summed E-state index contributed by atoms with van der Waals surface area (Å²) < 4.78 is 46.6. The lowest BCUT2D eigenvalue weighted by Gasteiger charge is -2.51. The average molecular weight is 955 g/mol. The Bertz CT molecular complexity index is 2370. The summed E-state index contributed by atoms with van der Waals surface area (Å²) in [4.78, 5) is 64.6. The highest BCUT2D eigenvalue weighted by Crippen LogP contribution is 2.65. The number of amides is 4. The molecule has 18 heteroatoms. The zero-order valence-electron chi connectivity index (χ0n) is 28.7. The molecule has 2 saturated heterocycles. The lowest BCUT2D eigenvalue weighted by atomic mass is 9.49. The molecule has 4 aliphatic rings. The van der Waals surface area contributed by atoms with E-state index in [1.807, 2.05) is 23.6 Å². The molecule has 0 bridgehead atoms. The van der Waals surface area contributed by atoms with Crippen LogP contribution in [0.25, 0.3) is 0 Å². The van der Waals surface area contributed by atoms with E-state index in [-0.39, 0.29) is 47.1 Å². The van der Waals surface area contributed by atoms with Gasteiger partial charge in [0.1, 0.15) is 0 Å². The maximum atomic E-state index is 15.4. The van der Waals surface area contributed by atoms with E-state index in [9.17, 15) is 32.7 Å². The summed E-state index contributed by atoms with van der Waals surface area (Å²) in [6, 6.07) is 12.2. The second kappa shape index (κ2) is 14.1. The molecular formula is C38H27Br2Cl2F3N4O6S. The minimum atomic E-state index is -4.76. The van der Waals surface area contributed by atoms with E-state index < -0.39 is 69.5 Å². The van der Waals surface area contributed by atoms with Gasteiger partial charge in [-0.25, -0.2) is 4.98 Å². The van der Waals surface area contributed by atoms with Gasteiger partial charge < -0.3 is 9.84 Å². The number of halogens is 7. The number of hydrogen-bond acceptors (Lipinski definition) is 9. The van der Waals surface area contributed by atoms with E-state index in [1.165, 1.54) is 23.3 Å². The number of imide groups is 2. The molecule has 0 unspecified atom stereocenters. The number of allylic oxidation sites excluding steroid dienone is 2. The Morgan fingerprint density at radius 3 is 2.41 bits per heavy atom. The van der Waals surface area contributed by atoms with Crippen molar-refractivity contribution in [2.45, 2.75) is 36.9 Å². The first kappa shape index (κ1) is 38.9. The maximum Gasteiger partial charge on any atom is 0.417 e. The van der Waals surface area contributed by atoms with E-state index in [1.54, 1.807) is 30.3 Å². The summed E-state index contributed by atoms with van der Waals surface area (Å²) >= 11 is 21.1. The van der Waals surface area contributed by atoms with Crippen molar-refractivity contribution in [3.63, 3.8) is 0 Å². The predicted molar refractivity (Wildman–Crippen MR) is 207 cm³/mol. The van der Waals surface area contributed by atoms with Crippen LogP contribution < -0.4 is 10.2 Å². The fourth-order valence-corrected chi connectivity index (χ4v) is 10.9. The Balaban J connectivity index is 1.34. The van der Waals surface area contributed by atoms with Crippen LogP contribution in [0.1, 0.15) is 40.3 Å². The molecule has 4 amide bonds. The van der Waals surface area contributed by atoms with Gasteiger partial charge in [0.05, 0.1) is 51.9 Å². The normalized spacial score (nSPS) is 25.9. The standard InChI is InChI=1S/C38H27Br2Cl2F3N4O6S/c1-55-26-13-23(29(39)30(40)31(26)50)28-20-8-9-21-27(35(53)48(33(21)51)15-19-3-2-10-56-19)22(20)12-24-34(52)49(36(54)37(24,28)16-4-6-18(41)7-5-16)47-32-25(42)11-17(14-46-32)38(43,44)45/h2-8,10-11,13-14,21-22,24,27-28,50H,9,12,15H2,1H3,(H,46,47)/t21-,22+,24-,27-,28+,37+/m0/s1. The monoisotopic (exact) mass is 952 g/mol. The smallest absolute Gasteiger partial charge is 0.417 e. The molecule has 4 heterocycles. The number of alkyl halides is 3. The van der Waals surface area contributed by atoms with Crippen molar-refractivity contribution in [3.05, 3.63) is 112 Å². The zero-order valence-corrected chi connectivity index (χ0v) is 34.2. The number of carbonyl (C=O) groups excluding carboxylic acids is 4. The van der Waals surface area contributed by atoms with Gasteiger partial charge in [-0.15, -0.1) is 11.3 Å². The van der Waals surface area contributed by atoms with E-state index in [0.29, 0.717) is 43.5 Å². The topological polar surface area (TPSA) is 129 Å². The average Bonchev–Trinajstić information content (AvgIpc) is 3.83. The molecule has 0 radical (unpaired) electrons. The van der Waals surface area contributed by atoms with Gasteiger partial charge in [-0.05, 0) is 97.5 Å². The molecule has 2 aliphatic carbocycles. The Hall–Kier alpha value is -3.96. The SMILES string of the molecule is COc1cc([C@H]2C3=CC[C@@H]4C(=O)N(Cc5cccs5)C(=O)[C@@H]4[C@@H]3C[C@H]3C(=O)N(Nc4ncc(C(F)(F)F)cc4Cl)C(=O)[C@@]23c2ccc(Cl)cc2)c(Br)c(Br)c1O. The van der Waals surface area contributed by atoms with Crippen molar-refractivity contribution in [2.75, 3.05) is 12.5 Å². The van der Waals surface area contributed by atoms with Crippen LogP contribution in [0.4, 0.5) is 19.0 Å². The van der Waals surface area contributed by atoms with Crippen molar-refractivity contribution in [1.29, 1.82) is 0 Å². The number of fused-ring (bicyclic) bond motifs is 4. The third-order valence-electron chi connectivity index (χ3n) is 11.2. The Kier molecular flexibility index (Phi) is 9.83. The van der Waals surface area contributed by atoms with Gasteiger partial charge in [0.15, 0.2) is 17.3 Å². The number of phenolic OH excluding ortho intramolecular Hbond substituents is 1. The van der Waals surface area contributed by atoms with Crippen molar-refractivity contribution in [1.82, 2.24) is 14.9 Å². The maximum absolute atomic E-state index is 15.4. The molecular weight excluding hydrogens is 928 g/mol. The number of carbonyl (C=O) groups is 4. The number of rotatable bonds is 7. The number of likely N-dealkylation sites (tertiary alicyclic amines) is 1. The second-order valence-electron chi connectivity index (χ2n) is 13.9. The van der Waals surface area contributed by atoms with Gasteiger partial charge in [-0.1, -0.05) is 53.1 Å². The number of phenols is 1. The van der Waals surface area contributed by atoms with Crippen LogP contribution in [0, 0.1) is 23.7 Å². The lowest BCUT2D eigenvalue weighted by molar-refractivity contribution is -0.142. The number of thiophene rings is 1. The molecule has 0 spiro atoms. The molecule has 2 aromatic carbocycles. The molecule has 56 heavy (non-hydrogen) atoms. The molecule has 6 atom stereocenters. The van der Waals surface area contributed by atoms with Crippen molar-refractivity contribution in [2.24, 2.45) is 23.7 Å². The van der Waals surface area contributed by atoms with Crippen LogP contribution in [0.2, 0.25) is 10.0 Å². The number of pyridine rings is 1. The van der Waals surface area contributed by atoms with Gasteiger partial charge in [0.25, 0.3) is 11.8 Å². The van der Waals surface area contributed by atoms with E-state index in [4.69, 9.17) is 27.9 Å². The zero-order chi connectivity index (χ0) is 40.0. The Morgan fingerprint density at radius 1 is 1.04 bits per heavy atom. The van der Waals surface area contributed by atoms with Crippen LogP contribution in [0.15, 0.2) is 80.7 Å². The van der Waals surface area contributed by atoms with Crippen LogP contribution >= 0.6 is 66.4 Å². The fourth-order valence-electron chi connectivity index (χ4n) is 8.88. The van der Waals surface area contributed by atoms with Crippen LogP contribution in [-0.2, 0) is 37.3 Å². The lowest BCUT2D eigenvalue weighted by Crippen LogP contribution is -2.53. The summed E-state index contributed by atoms with van der Waals surface area (Å²) in [6.45, 7) is 0.0929. The van der Waals surface area contributed by atoms with Gasteiger partial charge in [-0.2, -0.15) is 18.2 Å². The minimum absolute atomic E-state index is 0.0380. The molecule has 1 saturated carbocycles. The highest BCUT2D eigenvalue weighted by Gasteiger charge is 2.70. The molecule has 2 aromatic heterocycles. The predicted octanol–water partition coefficient (Wildman–Crippen LogP) is 8.89. The number of nitrogens with one attached hydrogen (secondary N) is 1. The number of nitrogens with zero attached hydrogens (tertiary/aromatic N) is 3. The third kappa shape index (κ3) is 5.88. The molecule has 2 N–H and O–H groups in total. The van der Waals surface area contributed by atoms with Crippen molar-refractivity contribution in [3.8, 4) is 11.5 Å². The first-order valence-corrected chi connectivity index (χ1v) is 20.3. The summed E-state index contributed by atoms with van der Waals surface area (Å²) in [5, 5.41) is 13.4. The van der Waals surface area contributed by atoms with Crippen LogP contribution in [0.3, 0.4) is 0 Å². The molecule has 4 aromatic rings. The second-order valence-corrected chi connectivity index (χ2v) is 17.4. The quantitative estimate of drug-likeness (QED) is 0.139. The summed E-state index contributed by atoms with van der Waals surface area (Å²) in [5.74, 6) is -7.44. The number of anilines is 1. The molecule has 10 nitrogen and oxygen atoms in total. The van der Waals surface area contributed by atoms with E-state index in [2.05, 4.69) is 42.3 Å². The van der Waals surface area contributed by atoms with Crippen molar-refractivity contribution < 1.29 is 42.2 Å². The summed E-state index contributed by atoms with van der Waals surface area (Å²) in [7, 11) is 1.35. The molecule has 8 rings (SSSR count). The fraction of sp³-hybridized carbons (Fsp3) is 0.289. The Morgan fingerprint density at radius 2 is 1.77 bits per heavy atom. The van der Waals surface area contributed by atoms with E-state index >= 15 is 4.79 Å². The highest BCUT2D eigenvalue weighted by atomic mass is 79.9. The number of aromatic hydroxyl groups is 1. The number of ether oxygens (including phenoxy) is 1. The number of hydrogen-bond donors (Lipinski definition) is 2. The number of methoxy groups -OCH3 is 1. The number of aromatic nitrogens is 1. The largest absolute Gasteiger partial charge is 0.503 e. The van der Waals surface area contributed by atoms with Gasteiger partial charge in [-0.3, -0.25) is 29.5 Å². The first-order chi connectivity index (χ1) is 26.6. The van der Waals surface area contributed by atoms with E-state index in [0.717, 1.165) is 4.88 Å². The summed E-state index contributed by atoms with van der Waals surface area (Å²) in [6.07, 6.45) is -2.24. The van der Waals surface area contributed by atoms with Crippen LogP contribution in [0.5, 0.6) is 11.5 Å². The minimum Gasteiger partial charge on any atom is -0.503 e. The van der Waals surface area contributed by atoms with Gasteiger partial charge in [0.2, 0.25) is 11.8 Å². The highest BCUT2D eigenvalue weighted by molar-refractivity contribution is 9.13. The third-order valence-corrected chi connectivity index (χ3v) is 14.8. The van der Waals surface area contributed by atoms with Gasteiger partial charge in [0, 0.05) is 26.5 Å². The number of benzene rings is 2. The first-order valence-electron chi connectivity index (χ1n) is 17.1. The van der Waals surface area contributed by atoms with Crippen molar-refractivity contribution >= 4 is 95.8 Å². The number of hydrazine groups is 1. The molecule has 2 aliphatic heterocycles.